The normalized spacial score (nSPS) is 21.8. The van der Waals surface area contributed by atoms with Crippen molar-refractivity contribution in [2.75, 3.05) is 26.2 Å². The van der Waals surface area contributed by atoms with E-state index in [1.165, 1.54) is 4.90 Å². The summed E-state index contributed by atoms with van der Waals surface area (Å²) >= 11 is 0. The molecule has 2 rings (SSSR count). The summed E-state index contributed by atoms with van der Waals surface area (Å²) in [5.41, 5.74) is 5.46. The second-order valence-corrected chi connectivity index (χ2v) is 7.10. The monoisotopic (exact) mass is 407 g/mol. The van der Waals surface area contributed by atoms with Gasteiger partial charge in [-0.15, -0.1) is 24.8 Å². The fraction of sp³-hybridized carbons (Fsp3) is 0.938. The largest absolute Gasteiger partial charge is 0.401 e. The Kier molecular flexibility index (Phi) is 10.7. The minimum atomic E-state index is -4.11. The van der Waals surface area contributed by atoms with Crippen LogP contribution in [0.25, 0.3) is 0 Å². The van der Waals surface area contributed by atoms with Crippen molar-refractivity contribution in [2.45, 2.75) is 63.1 Å². The molecular weight excluding hydrogens is 378 g/mol. The average Bonchev–Trinajstić information content (AvgIpc) is 2.48. The molecule has 2 aliphatic rings. The first-order valence-corrected chi connectivity index (χ1v) is 8.65. The van der Waals surface area contributed by atoms with Crippen molar-refractivity contribution in [1.82, 2.24) is 10.2 Å². The van der Waals surface area contributed by atoms with Crippen molar-refractivity contribution >= 4 is 30.7 Å². The van der Waals surface area contributed by atoms with Gasteiger partial charge in [0.05, 0.1) is 12.1 Å². The molecule has 0 spiro atoms. The molecule has 150 valence electrons. The highest BCUT2D eigenvalue weighted by Crippen LogP contribution is 2.26. The third kappa shape index (κ3) is 8.33. The number of nitrogens with one attached hydrogen (secondary N) is 1. The number of hydrogen-bond donors (Lipinski definition) is 2. The summed E-state index contributed by atoms with van der Waals surface area (Å²) < 4.78 is 37.0. The van der Waals surface area contributed by atoms with E-state index >= 15 is 0 Å². The SMILES string of the molecule is Cl.Cl.NC1(C(=O)NCCC2CCN(CC(F)(F)F)CC2)CCCCC1. The first-order valence-electron chi connectivity index (χ1n) is 8.65. The van der Waals surface area contributed by atoms with Crippen LogP contribution in [-0.4, -0.2) is 48.7 Å². The van der Waals surface area contributed by atoms with Crippen molar-refractivity contribution in [1.29, 1.82) is 0 Å². The molecule has 0 radical (unpaired) electrons. The molecule has 25 heavy (non-hydrogen) atoms. The van der Waals surface area contributed by atoms with Gasteiger partial charge in [0.25, 0.3) is 0 Å². The van der Waals surface area contributed by atoms with Crippen molar-refractivity contribution in [3.63, 3.8) is 0 Å². The van der Waals surface area contributed by atoms with Gasteiger partial charge in [-0.25, -0.2) is 0 Å². The Balaban J connectivity index is 0.00000288. The zero-order valence-electron chi connectivity index (χ0n) is 14.4. The maximum Gasteiger partial charge on any atom is 0.401 e. The van der Waals surface area contributed by atoms with Gasteiger partial charge < -0.3 is 11.1 Å². The molecule has 0 aromatic carbocycles. The molecule has 1 heterocycles. The van der Waals surface area contributed by atoms with Gasteiger partial charge >= 0.3 is 6.18 Å². The van der Waals surface area contributed by atoms with Gasteiger partial charge in [-0.1, -0.05) is 19.3 Å². The molecule has 9 heteroatoms. The minimum Gasteiger partial charge on any atom is -0.354 e. The fourth-order valence-corrected chi connectivity index (χ4v) is 3.66. The quantitative estimate of drug-likeness (QED) is 0.734. The molecule has 3 N–H and O–H groups in total. The summed E-state index contributed by atoms with van der Waals surface area (Å²) in [6, 6.07) is 0. The van der Waals surface area contributed by atoms with E-state index in [-0.39, 0.29) is 30.7 Å². The van der Waals surface area contributed by atoms with Gasteiger partial charge in [0, 0.05) is 6.54 Å². The zero-order chi connectivity index (χ0) is 16.9. The number of nitrogens with two attached hydrogens (primary N) is 1. The first-order chi connectivity index (χ1) is 10.8. The van der Waals surface area contributed by atoms with Gasteiger partial charge in [-0.05, 0) is 51.1 Å². The molecule has 1 amide bonds. The molecule has 1 saturated carbocycles. The molecular formula is C16H30Cl2F3N3O. The van der Waals surface area contributed by atoms with Crippen molar-refractivity contribution in [3.8, 4) is 0 Å². The maximum absolute atomic E-state index is 12.3. The van der Waals surface area contributed by atoms with Gasteiger partial charge in [-0.2, -0.15) is 13.2 Å². The Morgan fingerprint density at radius 3 is 2.20 bits per heavy atom. The molecule has 1 saturated heterocycles. The van der Waals surface area contributed by atoms with E-state index in [0.717, 1.165) is 51.4 Å². The molecule has 1 aliphatic heterocycles. The Hall–Kier alpha value is -0.240. The molecule has 0 unspecified atom stereocenters. The Labute approximate surface area is 160 Å². The van der Waals surface area contributed by atoms with Crippen LogP contribution in [0.1, 0.15) is 51.4 Å². The van der Waals surface area contributed by atoms with E-state index in [0.29, 0.717) is 25.6 Å². The first kappa shape index (κ1) is 24.8. The summed E-state index contributed by atoms with van der Waals surface area (Å²) in [4.78, 5) is 13.7. The number of likely N-dealkylation sites (tertiary alicyclic amines) is 1. The highest BCUT2D eigenvalue weighted by Gasteiger charge is 2.35. The smallest absolute Gasteiger partial charge is 0.354 e. The van der Waals surface area contributed by atoms with E-state index in [4.69, 9.17) is 5.73 Å². The van der Waals surface area contributed by atoms with E-state index in [2.05, 4.69) is 5.32 Å². The Morgan fingerprint density at radius 2 is 1.68 bits per heavy atom. The fourth-order valence-electron chi connectivity index (χ4n) is 3.66. The predicted octanol–water partition coefficient (Wildman–Crippen LogP) is 3.27. The van der Waals surface area contributed by atoms with Crippen LogP contribution >= 0.6 is 24.8 Å². The lowest BCUT2D eigenvalue weighted by atomic mass is 9.82. The van der Waals surface area contributed by atoms with Crippen molar-refractivity contribution in [2.24, 2.45) is 11.7 Å². The lowest BCUT2D eigenvalue weighted by molar-refractivity contribution is -0.148. The number of hydrogen-bond acceptors (Lipinski definition) is 3. The number of carbonyl (C=O) groups is 1. The van der Waals surface area contributed by atoms with Crippen LogP contribution in [-0.2, 0) is 4.79 Å². The third-order valence-corrected chi connectivity index (χ3v) is 5.15. The molecule has 0 bridgehead atoms. The molecule has 1 aliphatic carbocycles. The van der Waals surface area contributed by atoms with Crippen molar-refractivity contribution in [3.05, 3.63) is 0 Å². The van der Waals surface area contributed by atoms with Gasteiger partial charge in [-0.3, -0.25) is 9.69 Å². The number of nitrogens with zero attached hydrogens (tertiary/aromatic N) is 1. The summed E-state index contributed by atoms with van der Waals surface area (Å²) in [6.07, 6.45) is 2.87. The maximum atomic E-state index is 12.3. The topological polar surface area (TPSA) is 58.4 Å². The summed E-state index contributed by atoms with van der Waals surface area (Å²) in [5, 5.41) is 2.93. The van der Waals surface area contributed by atoms with E-state index < -0.39 is 18.3 Å². The van der Waals surface area contributed by atoms with E-state index in [1.54, 1.807) is 0 Å². The van der Waals surface area contributed by atoms with Crippen LogP contribution < -0.4 is 11.1 Å². The lowest BCUT2D eigenvalue weighted by Crippen LogP contribution is -2.55. The third-order valence-electron chi connectivity index (χ3n) is 5.15. The van der Waals surface area contributed by atoms with Gasteiger partial charge in [0.1, 0.15) is 0 Å². The highest BCUT2D eigenvalue weighted by molar-refractivity contribution is 5.86. The Bertz CT molecular complexity index is 397. The van der Waals surface area contributed by atoms with Crippen LogP contribution in [0.15, 0.2) is 0 Å². The van der Waals surface area contributed by atoms with E-state index in [1.807, 2.05) is 0 Å². The highest BCUT2D eigenvalue weighted by atomic mass is 35.5. The average molecular weight is 408 g/mol. The molecule has 0 aromatic heterocycles. The number of rotatable bonds is 5. The van der Waals surface area contributed by atoms with Gasteiger partial charge in [0.15, 0.2) is 0 Å². The summed E-state index contributed by atoms with van der Waals surface area (Å²) in [5.74, 6) is 0.326. The van der Waals surface area contributed by atoms with Crippen LogP contribution in [0.5, 0.6) is 0 Å². The number of piperidine rings is 1. The Morgan fingerprint density at radius 1 is 1.12 bits per heavy atom. The standard InChI is InChI=1S/C16H28F3N3O.2ClH/c17-16(18,19)12-22-10-5-13(6-11-22)4-9-21-14(23)15(20)7-2-1-3-8-15;;/h13H,1-12,20H2,(H,21,23);2*1H. The lowest BCUT2D eigenvalue weighted by Gasteiger charge is -2.33. The van der Waals surface area contributed by atoms with E-state index in [9.17, 15) is 18.0 Å². The summed E-state index contributed by atoms with van der Waals surface area (Å²) in [6.45, 7) is 0.728. The zero-order valence-corrected chi connectivity index (χ0v) is 16.1. The van der Waals surface area contributed by atoms with Crippen molar-refractivity contribution < 1.29 is 18.0 Å². The number of carbonyl (C=O) groups excluding carboxylic acids is 1. The van der Waals surface area contributed by atoms with Crippen LogP contribution in [0.4, 0.5) is 13.2 Å². The van der Waals surface area contributed by atoms with Gasteiger partial charge in [0.2, 0.25) is 5.91 Å². The van der Waals surface area contributed by atoms with Crippen LogP contribution in [0.2, 0.25) is 0 Å². The second-order valence-electron chi connectivity index (χ2n) is 7.10. The van der Waals surface area contributed by atoms with Crippen LogP contribution in [0.3, 0.4) is 0 Å². The number of alkyl halides is 3. The number of amides is 1. The molecule has 0 atom stereocenters. The molecule has 2 fully saturated rings. The minimum absolute atomic E-state index is 0. The second kappa shape index (κ2) is 10.8. The summed E-state index contributed by atoms with van der Waals surface area (Å²) in [7, 11) is 0. The predicted molar refractivity (Wildman–Crippen MR) is 97.3 cm³/mol. The van der Waals surface area contributed by atoms with Crippen LogP contribution in [0, 0.1) is 5.92 Å². The number of halogens is 5. The molecule has 4 nitrogen and oxygen atoms in total. The molecule has 0 aromatic rings.